The fraction of sp³-hybridized carbons (Fsp3) is 0. The number of carboxylic acid groups (broad SMARTS) is 1. The van der Waals surface area contributed by atoms with E-state index in [0.717, 1.165) is 6.20 Å². The van der Waals surface area contributed by atoms with E-state index in [2.05, 4.69) is 10.3 Å². The van der Waals surface area contributed by atoms with Gasteiger partial charge in [0, 0.05) is 6.20 Å². The highest BCUT2D eigenvalue weighted by Gasteiger charge is 2.18. The van der Waals surface area contributed by atoms with Gasteiger partial charge in [0.25, 0.3) is 5.91 Å². The summed E-state index contributed by atoms with van der Waals surface area (Å²) < 4.78 is 0. The molecule has 0 saturated carbocycles. The summed E-state index contributed by atoms with van der Waals surface area (Å²) in [5.41, 5.74) is -0.196. The van der Waals surface area contributed by atoms with Gasteiger partial charge in [-0.1, -0.05) is 17.7 Å². The van der Waals surface area contributed by atoms with Crippen molar-refractivity contribution in [3.05, 3.63) is 52.8 Å². The zero-order valence-corrected chi connectivity index (χ0v) is 10.8. The van der Waals surface area contributed by atoms with Crippen LogP contribution in [-0.4, -0.2) is 27.1 Å². The van der Waals surface area contributed by atoms with Gasteiger partial charge in [0.1, 0.15) is 5.75 Å². The topological polar surface area (TPSA) is 99.5 Å². The number of pyridine rings is 1. The van der Waals surface area contributed by atoms with Crippen LogP contribution in [-0.2, 0) is 0 Å². The van der Waals surface area contributed by atoms with Crippen molar-refractivity contribution >= 4 is 29.2 Å². The van der Waals surface area contributed by atoms with Crippen LogP contribution in [0, 0.1) is 0 Å². The van der Waals surface area contributed by atoms with Gasteiger partial charge in [-0.2, -0.15) is 0 Å². The molecule has 0 unspecified atom stereocenters. The largest absolute Gasteiger partial charge is 0.505 e. The fourth-order valence-electron chi connectivity index (χ4n) is 1.59. The molecule has 3 N–H and O–H groups in total. The normalized spacial score (nSPS) is 10.1. The minimum absolute atomic E-state index is 0.0251. The van der Waals surface area contributed by atoms with E-state index in [4.69, 9.17) is 16.7 Å². The molecule has 1 heterocycles. The summed E-state index contributed by atoms with van der Waals surface area (Å²) in [5, 5.41) is 21.1. The molecule has 2 aromatic rings. The molecule has 0 radical (unpaired) electrons. The zero-order chi connectivity index (χ0) is 14.7. The molecule has 0 aliphatic carbocycles. The molecule has 0 saturated heterocycles. The maximum Gasteiger partial charge on any atom is 0.337 e. The summed E-state index contributed by atoms with van der Waals surface area (Å²) in [5.74, 6) is -2.21. The van der Waals surface area contributed by atoms with E-state index in [0.29, 0.717) is 0 Å². The van der Waals surface area contributed by atoms with Gasteiger partial charge in [0.2, 0.25) is 0 Å². The molecule has 0 bridgehead atoms. The first kappa shape index (κ1) is 13.8. The van der Waals surface area contributed by atoms with Crippen molar-refractivity contribution in [2.45, 2.75) is 0 Å². The van der Waals surface area contributed by atoms with Gasteiger partial charge in [-0.25, -0.2) is 4.79 Å². The number of halogens is 1. The molecule has 1 aromatic heterocycles. The Labute approximate surface area is 118 Å². The van der Waals surface area contributed by atoms with Crippen LogP contribution in [0.2, 0.25) is 5.02 Å². The molecule has 1 aromatic carbocycles. The van der Waals surface area contributed by atoms with Crippen molar-refractivity contribution in [2.24, 2.45) is 0 Å². The van der Waals surface area contributed by atoms with E-state index < -0.39 is 11.9 Å². The van der Waals surface area contributed by atoms with Crippen molar-refractivity contribution in [3.63, 3.8) is 0 Å². The number of nitrogens with zero attached hydrogens (tertiary/aromatic N) is 1. The van der Waals surface area contributed by atoms with Gasteiger partial charge in [0.15, 0.2) is 0 Å². The second-order valence-electron chi connectivity index (χ2n) is 3.81. The highest BCUT2D eigenvalue weighted by Crippen LogP contribution is 2.27. The third kappa shape index (κ3) is 2.70. The first-order chi connectivity index (χ1) is 9.50. The summed E-state index contributed by atoms with van der Waals surface area (Å²) in [6.07, 6.45) is 2.44. The van der Waals surface area contributed by atoms with E-state index >= 15 is 0 Å². The minimum atomic E-state index is -1.22. The smallest absolute Gasteiger partial charge is 0.337 e. The lowest BCUT2D eigenvalue weighted by Crippen LogP contribution is -2.15. The number of amides is 1. The molecule has 0 atom stereocenters. The second kappa shape index (κ2) is 5.58. The van der Waals surface area contributed by atoms with Crippen LogP contribution in [0.3, 0.4) is 0 Å². The van der Waals surface area contributed by atoms with Crippen LogP contribution in [0.1, 0.15) is 20.7 Å². The van der Waals surface area contributed by atoms with Crippen molar-refractivity contribution in [3.8, 4) is 5.75 Å². The molecule has 2 rings (SSSR count). The van der Waals surface area contributed by atoms with Gasteiger partial charge < -0.3 is 15.5 Å². The Morgan fingerprint density at radius 1 is 1.20 bits per heavy atom. The van der Waals surface area contributed by atoms with Crippen LogP contribution in [0.4, 0.5) is 5.69 Å². The first-order valence-electron chi connectivity index (χ1n) is 5.47. The number of nitrogens with one attached hydrogen (secondary N) is 1. The number of anilines is 1. The fourth-order valence-corrected chi connectivity index (χ4v) is 1.81. The number of carboxylic acids is 1. The average Bonchev–Trinajstić information content (AvgIpc) is 2.41. The van der Waals surface area contributed by atoms with E-state index in [-0.39, 0.29) is 27.6 Å². The molecule has 0 aliphatic rings. The number of aromatic nitrogens is 1. The number of carbonyl (C=O) groups excluding carboxylic acids is 1. The molecular weight excluding hydrogens is 284 g/mol. The summed E-state index contributed by atoms with van der Waals surface area (Å²) in [4.78, 5) is 26.7. The van der Waals surface area contributed by atoms with Crippen molar-refractivity contribution in [1.29, 1.82) is 0 Å². The Bertz CT molecular complexity index is 688. The Kier molecular flexibility index (Phi) is 3.86. The summed E-state index contributed by atoms with van der Waals surface area (Å²) >= 11 is 5.89. The lowest BCUT2D eigenvalue weighted by molar-refractivity contribution is 0.0698. The summed E-state index contributed by atoms with van der Waals surface area (Å²) in [6, 6.07) is 5.54. The van der Waals surface area contributed by atoms with Crippen molar-refractivity contribution < 1.29 is 19.8 Å². The van der Waals surface area contributed by atoms with Crippen LogP contribution in [0.25, 0.3) is 0 Å². The molecule has 6 nitrogen and oxygen atoms in total. The predicted molar refractivity (Wildman–Crippen MR) is 72.3 cm³/mol. The second-order valence-corrected chi connectivity index (χ2v) is 4.22. The van der Waals surface area contributed by atoms with E-state index in [9.17, 15) is 14.7 Å². The molecule has 1 amide bonds. The third-order valence-electron chi connectivity index (χ3n) is 2.53. The standard InChI is InChI=1S/C13H9ClN2O4/c14-9-3-1-2-8(13(19)20)11(9)16-12(18)7-4-5-15-6-10(7)17/h1-6,17H,(H,16,18)(H,19,20). The number of aromatic carboxylic acids is 1. The number of aromatic hydroxyl groups is 1. The van der Waals surface area contributed by atoms with Crippen molar-refractivity contribution in [2.75, 3.05) is 5.32 Å². The van der Waals surface area contributed by atoms with Gasteiger partial charge in [0.05, 0.1) is 28.0 Å². The molecule has 0 aliphatic heterocycles. The Balaban J connectivity index is 2.38. The van der Waals surface area contributed by atoms with Gasteiger partial charge in [-0.3, -0.25) is 9.78 Å². The quantitative estimate of drug-likeness (QED) is 0.806. The molecule has 102 valence electrons. The monoisotopic (exact) mass is 292 g/mol. The average molecular weight is 293 g/mol. The van der Waals surface area contributed by atoms with Gasteiger partial charge in [-0.05, 0) is 18.2 Å². The number of para-hydroxylation sites is 1. The Morgan fingerprint density at radius 3 is 2.60 bits per heavy atom. The molecular formula is C13H9ClN2O4. The van der Waals surface area contributed by atoms with E-state index in [1.54, 1.807) is 0 Å². The van der Waals surface area contributed by atoms with Crippen LogP contribution >= 0.6 is 11.6 Å². The zero-order valence-electron chi connectivity index (χ0n) is 10.0. The highest BCUT2D eigenvalue weighted by molar-refractivity contribution is 6.35. The molecule has 0 fully saturated rings. The summed E-state index contributed by atoms with van der Waals surface area (Å²) in [6.45, 7) is 0. The first-order valence-corrected chi connectivity index (χ1v) is 5.84. The van der Waals surface area contributed by atoms with E-state index in [1.165, 1.54) is 30.5 Å². The highest BCUT2D eigenvalue weighted by atomic mass is 35.5. The van der Waals surface area contributed by atoms with Crippen LogP contribution in [0.5, 0.6) is 5.75 Å². The van der Waals surface area contributed by atoms with Crippen LogP contribution in [0.15, 0.2) is 36.7 Å². The summed E-state index contributed by atoms with van der Waals surface area (Å²) in [7, 11) is 0. The number of rotatable bonds is 3. The van der Waals surface area contributed by atoms with Gasteiger partial charge in [-0.15, -0.1) is 0 Å². The SMILES string of the molecule is O=C(Nc1c(Cl)cccc1C(=O)O)c1ccncc1O. The molecule has 7 heteroatoms. The lowest BCUT2D eigenvalue weighted by atomic mass is 10.1. The Morgan fingerprint density at radius 2 is 1.95 bits per heavy atom. The minimum Gasteiger partial charge on any atom is -0.505 e. The third-order valence-corrected chi connectivity index (χ3v) is 2.84. The Hall–Kier alpha value is -2.60. The van der Waals surface area contributed by atoms with Crippen molar-refractivity contribution in [1.82, 2.24) is 4.98 Å². The molecule has 20 heavy (non-hydrogen) atoms. The lowest BCUT2D eigenvalue weighted by Gasteiger charge is -2.10. The maximum absolute atomic E-state index is 12.0. The van der Waals surface area contributed by atoms with E-state index in [1.807, 2.05) is 0 Å². The molecule has 0 spiro atoms. The number of hydrogen-bond acceptors (Lipinski definition) is 4. The predicted octanol–water partition coefficient (Wildman–Crippen LogP) is 2.39. The van der Waals surface area contributed by atoms with Crippen LogP contribution < -0.4 is 5.32 Å². The maximum atomic E-state index is 12.0. The number of benzene rings is 1. The van der Waals surface area contributed by atoms with Gasteiger partial charge >= 0.3 is 5.97 Å². The number of hydrogen-bond donors (Lipinski definition) is 3. The number of carbonyl (C=O) groups is 2.